The first-order valence-corrected chi connectivity index (χ1v) is 12.1. The molecule has 0 bridgehead atoms. The molecule has 0 saturated heterocycles. The molecular weight excluding hydrogens is 458 g/mol. The minimum absolute atomic E-state index is 0.170. The first kappa shape index (κ1) is 25.5. The topological polar surface area (TPSA) is 49.4 Å². The van der Waals surface area contributed by atoms with E-state index in [1.54, 1.807) is 37.3 Å². The zero-order chi connectivity index (χ0) is 22.8. The van der Waals surface area contributed by atoms with Gasteiger partial charge in [-0.25, -0.2) is 4.39 Å². The van der Waals surface area contributed by atoms with Crippen molar-refractivity contribution in [2.24, 2.45) is 0 Å². The van der Waals surface area contributed by atoms with E-state index in [4.69, 9.17) is 23.2 Å². The molecule has 4 nitrogen and oxygen atoms in total. The number of hydrogen-bond donors (Lipinski definition) is 1. The molecule has 0 heterocycles. The molecule has 0 aromatic heterocycles. The highest BCUT2D eigenvalue weighted by Crippen LogP contribution is 2.24. The van der Waals surface area contributed by atoms with Gasteiger partial charge < -0.3 is 10.2 Å². The van der Waals surface area contributed by atoms with Crippen LogP contribution in [-0.4, -0.2) is 35.1 Å². The number of benzene rings is 2. The number of rotatable bonds is 11. The van der Waals surface area contributed by atoms with Gasteiger partial charge in [-0.2, -0.15) is 0 Å². The van der Waals surface area contributed by atoms with E-state index in [9.17, 15) is 14.0 Å². The average Bonchev–Trinajstić information content (AvgIpc) is 2.74. The summed E-state index contributed by atoms with van der Waals surface area (Å²) in [7, 11) is 0. The molecule has 0 aliphatic carbocycles. The molecule has 0 fully saturated rings. The van der Waals surface area contributed by atoms with Crippen LogP contribution in [0.25, 0.3) is 0 Å². The zero-order valence-electron chi connectivity index (χ0n) is 17.7. The van der Waals surface area contributed by atoms with E-state index in [2.05, 4.69) is 5.32 Å². The van der Waals surface area contributed by atoms with E-state index in [1.807, 2.05) is 6.92 Å². The van der Waals surface area contributed by atoms with Crippen LogP contribution in [0.4, 0.5) is 4.39 Å². The van der Waals surface area contributed by atoms with Crippen LogP contribution in [0.2, 0.25) is 10.0 Å². The molecule has 0 unspecified atom stereocenters. The summed E-state index contributed by atoms with van der Waals surface area (Å²) in [6, 6.07) is 10.6. The first-order chi connectivity index (χ1) is 14.8. The predicted molar refractivity (Wildman–Crippen MR) is 127 cm³/mol. The number of hydrogen-bond acceptors (Lipinski definition) is 3. The van der Waals surface area contributed by atoms with E-state index in [1.165, 1.54) is 28.8 Å². The summed E-state index contributed by atoms with van der Waals surface area (Å²) >= 11 is 13.7. The molecule has 2 rings (SSSR count). The molecule has 1 atom stereocenters. The average molecular weight is 485 g/mol. The Morgan fingerprint density at radius 3 is 2.52 bits per heavy atom. The maximum absolute atomic E-state index is 13.1. The van der Waals surface area contributed by atoms with E-state index in [0.717, 1.165) is 24.0 Å². The molecular formula is C23H27Cl2FN2O2S. The van der Waals surface area contributed by atoms with Crippen molar-refractivity contribution in [2.45, 2.75) is 45.0 Å². The van der Waals surface area contributed by atoms with E-state index < -0.39 is 6.04 Å². The summed E-state index contributed by atoms with van der Waals surface area (Å²) in [6.45, 7) is 4.54. The number of nitrogens with one attached hydrogen (secondary N) is 1. The summed E-state index contributed by atoms with van der Waals surface area (Å²) in [4.78, 5) is 27.2. The van der Waals surface area contributed by atoms with Gasteiger partial charge in [-0.3, -0.25) is 9.59 Å². The largest absolute Gasteiger partial charge is 0.354 e. The first-order valence-electron chi connectivity index (χ1n) is 10.1. The van der Waals surface area contributed by atoms with Gasteiger partial charge in [0.1, 0.15) is 11.9 Å². The minimum Gasteiger partial charge on any atom is -0.354 e. The second-order valence-electron chi connectivity index (χ2n) is 7.20. The van der Waals surface area contributed by atoms with Crippen LogP contribution in [0.3, 0.4) is 0 Å². The van der Waals surface area contributed by atoms with Gasteiger partial charge in [0, 0.05) is 28.9 Å². The van der Waals surface area contributed by atoms with Crippen LogP contribution < -0.4 is 5.32 Å². The molecule has 0 radical (unpaired) electrons. The Labute approximate surface area is 197 Å². The van der Waals surface area contributed by atoms with Crippen LogP contribution >= 0.6 is 35.0 Å². The number of nitrogens with zero attached hydrogens (tertiary/aromatic N) is 1. The maximum Gasteiger partial charge on any atom is 0.242 e. The zero-order valence-corrected chi connectivity index (χ0v) is 20.0. The van der Waals surface area contributed by atoms with Gasteiger partial charge in [0.15, 0.2) is 0 Å². The lowest BCUT2D eigenvalue weighted by Gasteiger charge is -2.29. The van der Waals surface area contributed by atoms with Gasteiger partial charge in [-0.1, -0.05) is 54.7 Å². The molecule has 8 heteroatoms. The Bertz CT molecular complexity index is 880. The van der Waals surface area contributed by atoms with Crippen molar-refractivity contribution in [1.82, 2.24) is 10.2 Å². The summed E-state index contributed by atoms with van der Waals surface area (Å²) < 4.78 is 13.1. The van der Waals surface area contributed by atoms with Gasteiger partial charge in [-0.05, 0) is 48.7 Å². The smallest absolute Gasteiger partial charge is 0.242 e. The Kier molecular flexibility index (Phi) is 10.6. The highest BCUT2D eigenvalue weighted by molar-refractivity contribution is 7.99. The Morgan fingerprint density at radius 1 is 1.16 bits per heavy atom. The molecule has 0 spiro atoms. The van der Waals surface area contributed by atoms with Gasteiger partial charge >= 0.3 is 0 Å². The lowest BCUT2D eigenvalue weighted by atomic mass is 10.1. The molecule has 1 N–H and O–H groups in total. The van der Waals surface area contributed by atoms with E-state index in [-0.39, 0.29) is 29.9 Å². The summed E-state index contributed by atoms with van der Waals surface area (Å²) in [6.07, 6.45) is 1.85. The molecule has 0 aliphatic rings. The maximum atomic E-state index is 13.1. The van der Waals surface area contributed by atoms with Crippen LogP contribution in [0, 0.1) is 5.82 Å². The summed E-state index contributed by atoms with van der Waals surface area (Å²) in [5, 5.41) is 3.84. The van der Waals surface area contributed by atoms with Crippen molar-refractivity contribution in [3.63, 3.8) is 0 Å². The lowest BCUT2D eigenvalue weighted by Crippen LogP contribution is -2.48. The fourth-order valence-corrected chi connectivity index (χ4v) is 4.21. The number of carbonyl (C=O) groups excluding carboxylic acids is 2. The van der Waals surface area contributed by atoms with Gasteiger partial charge in [-0.15, -0.1) is 11.8 Å². The molecule has 168 valence electrons. The van der Waals surface area contributed by atoms with Gasteiger partial charge in [0.2, 0.25) is 11.8 Å². The normalized spacial score (nSPS) is 11.8. The number of amides is 2. The minimum atomic E-state index is -0.650. The van der Waals surface area contributed by atoms with E-state index in [0.29, 0.717) is 22.3 Å². The Hall–Kier alpha value is -1.76. The SMILES string of the molecule is CCCCNC(=O)[C@@H](C)N(Cc1ccc(Cl)cc1Cl)C(=O)CSCc1ccc(F)cc1. The monoisotopic (exact) mass is 484 g/mol. The Morgan fingerprint density at radius 2 is 1.87 bits per heavy atom. The highest BCUT2D eigenvalue weighted by atomic mass is 35.5. The van der Waals surface area contributed by atoms with Gasteiger partial charge in [0.05, 0.1) is 5.75 Å². The van der Waals surface area contributed by atoms with E-state index >= 15 is 0 Å². The fourth-order valence-electron chi connectivity index (χ4n) is 2.87. The molecule has 0 saturated carbocycles. The third-order valence-electron chi connectivity index (χ3n) is 4.76. The fraction of sp³-hybridized carbons (Fsp3) is 0.391. The lowest BCUT2D eigenvalue weighted by molar-refractivity contribution is -0.138. The predicted octanol–water partition coefficient (Wildman–Crippen LogP) is 5.70. The Balaban J connectivity index is 2.08. The standard InChI is InChI=1S/C23H27Cl2FN2O2S/c1-3-4-11-27-23(30)16(2)28(13-18-7-8-19(24)12-21(18)25)22(29)15-31-14-17-5-9-20(26)10-6-17/h5-10,12,16H,3-4,11,13-15H2,1-2H3,(H,27,30)/t16-/m1/s1. The van der Waals surface area contributed by atoms with Gasteiger partial charge in [0.25, 0.3) is 0 Å². The van der Waals surface area contributed by atoms with Crippen molar-refractivity contribution >= 4 is 46.8 Å². The van der Waals surface area contributed by atoms with Crippen molar-refractivity contribution < 1.29 is 14.0 Å². The van der Waals surface area contributed by atoms with Crippen molar-refractivity contribution in [2.75, 3.05) is 12.3 Å². The van der Waals surface area contributed by atoms with Crippen LogP contribution in [0.1, 0.15) is 37.8 Å². The third-order valence-corrected chi connectivity index (χ3v) is 6.34. The van der Waals surface area contributed by atoms with Crippen molar-refractivity contribution in [3.8, 4) is 0 Å². The second-order valence-corrected chi connectivity index (χ2v) is 9.03. The summed E-state index contributed by atoms with van der Waals surface area (Å²) in [5.74, 6) is 0.0961. The quantitative estimate of drug-likeness (QED) is 0.416. The highest BCUT2D eigenvalue weighted by Gasteiger charge is 2.26. The van der Waals surface area contributed by atoms with Crippen molar-refractivity contribution in [3.05, 3.63) is 69.5 Å². The summed E-state index contributed by atoms with van der Waals surface area (Å²) in [5.41, 5.74) is 1.65. The van der Waals surface area contributed by atoms with Crippen molar-refractivity contribution in [1.29, 1.82) is 0 Å². The van der Waals surface area contributed by atoms with Crippen LogP contribution in [0.15, 0.2) is 42.5 Å². The second kappa shape index (κ2) is 12.9. The number of unbranched alkanes of at least 4 members (excludes halogenated alkanes) is 1. The third kappa shape index (κ3) is 8.36. The molecule has 0 aliphatic heterocycles. The number of carbonyl (C=O) groups is 2. The van der Waals surface area contributed by atoms with Crippen LogP contribution in [0.5, 0.6) is 0 Å². The molecule has 2 aromatic carbocycles. The molecule has 31 heavy (non-hydrogen) atoms. The van der Waals surface area contributed by atoms with Crippen LogP contribution in [-0.2, 0) is 21.9 Å². The molecule has 2 amide bonds. The number of thioether (sulfide) groups is 1. The molecule has 2 aromatic rings. The number of halogens is 3.